The summed E-state index contributed by atoms with van der Waals surface area (Å²) < 4.78 is 1.58. The van der Waals surface area contributed by atoms with Crippen molar-refractivity contribution in [2.45, 2.75) is 13.3 Å². The SMILES string of the molecule is Cc1c(NC(=O)CN2CCc3ccccc3C2=O)nnn1C. The number of nitrogens with zero attached hydrogens (tertiary/aromatic N) is 4. The van der Waals surface area contributed by atoms with Gasteiger partial charge in [0.2, 0.25) is 5.91 Å². The van der Waals surface area contributed by atoms with Gasteiger partial charge in [0.1, 0.15) is 6.54 Å². The molecule has 1 aliphatic rings. The Morgan fingerprint density at radius 1 is 1.36 bits per heavy atom. The van der Waals surface area contributed by atoms with Gasteiger partial charge in [0.05, 0.1) is 5.69 Å². The summed E-state index contributed by atoms with van der Waals surface area (Å²) in [4.78, 5) is 26.1. The van der Waals surface area contributed by atoms with Gasteiger partial charge in [-0.25, -0.2) is 0 Å². The molecule has 7 heteroatoms. The Morgan fingerprint density at radius 3 is 2.86 bits per heavy atom. The first-order valence-electron chi connectivity index (χ1n) is 7.09. The predicted octanol–water partition coefficient (Wildman–Crippen LogP) is 0.761. The van der Waals surface area contributed by atoms with E-state index in [-0.39, 0.29) is 18.4 Å². The Hall–Kier alpha value is -2.70. The van der Waals surface area contributed by atoms with E-state index >= 15 is 0 Å². The van der Waals surface area contributed by atoms with Crippen molar-refractivity contribution in [3.05, 3.63) is 41.1 Å². The van der Waals surface area contributed by atoms with Crippen molar-refractivity contribution in [1.29, 1.82) is 0 Å². The Morgan fingerprint density at radius 2 is 2.14 bits per heavy atom. The Bertz CT molecular complexity index is 737. The van der Waals surface area contributed by atoms with Crippen LogP contribution in [0.15, 0.2) is 24.3 Å². The van der Waals surface area contributed by atoms with Crippen LogP contribution in [0.4, 0.5) is 5.82 Å². The summed E-state index contributed by atoms with van der Waals surface area (Å²) in [6, 6.07) is 7.51. The van der Waals surface area contributed by atoms with E-state index < -0.39 is 0 Å². The lowest BCUT2D eigenvalue weighted by Gasteiger charge is -2.27. The number of rotatable bonds is 3. The quantitative estimate of drug-likeness (QED) is 0.907. The lowest BCUT2D eigenvalue weighted by Crippen LogP contribution is -2.42. The molecule has 0 atom stereocenters. The summed E-state index contributed by atoms with van der Waals surface area (Å²) >= 11 is 0. The molecule has 2 heterocycles. The average Bonchev–Trinajstić information content (AvgIpc) is 2.82. The normalized spacial score (nSPS) is 13.9. The summed E-state index contributed by atoms with van der Waals surface area (Å²) in [5, 5.41) is 10.4. The molecule has 114 valence electrons. The van der Waals surface area contributed by atoms with Gasteiger partial charge in [-0.15, -0.1) is 5.10 Å². The number of anilines is 1. The maximum absolute atomic E-state index is 12.4. The van der Waals surface area contributed by atoms with Crippen LogP contribution in [-0.4, -0.2) is 44.8 Å². The minimum atomic E-state index is -0.267. The second-order valence-corrected chi connectivity index (χ2v) is 5.33. The molecular weight excluding hydrogens is 282 g/mol. The minimum Gasteiger partial charge on any atom is -0.329 e. The number of carbonyl (C=O) groups is 2. The lowest BCUT2D eigenvalue weighted by molar-refractivity contribution is -0.117. The standard InChI is InChI=1S/C15H17N5O2/c1-10-14(17-18-19(10)2)16-13(21)9-20-8-7-11-5-3-4-6-12(11)15(20)22/h3-6H,7-9H2,1-2H3,(H,16,21). The highest BCUT2D eigenvalue weighted by Crippen LogP contribution is 2.18. The van der Waals surface area contributed by atoms with Gasteiger partial charge in [-0.3, -0.25) is 14.3 Å². The maximum atomic E-state index is 12.4. The number of hydrogen-bond acceptors (Lipinski definition) is 4. The average molecular weight is 299 g/mol. The van der Waals surface area contributed by atoms with Crippen molar-refractivity contribution in [3.8, 4) is 0 Å². The van der Waals surface area contributed by atoms with Crippen molar-refractivity contribution in [1.82, 2.24) is 19.9 Å². The van der Waals surface area contributed by atoms with Gasteiger partial charge >= 0.3 is 0 Å². The number of aromatic nitrogens is 3. The van der Waals surface area contributed by atoms with Crippen molar-refractivity contribution in [3.63, 3.8) is 0 Å². The zero-order valence-corrected chi connectivity index (χ0v) is 12.5. The van der Waals surface area contributed by atoms with Gasteiger partial charge in [0.25, 0.3) is 5.91 Å². The van der Waals surface area contributed by atoms with Crippen LogP contribution in [0.25, 0.3) is 0 Å². The molecule has 0 fully saturated rings. The first-order chi connectivity index (χ1) is 10.6. The van der Waals surface area contributed by atoms with Crippen LogP contribution in [0.3, 0.4) is 0 Å². The second kappa shape index (κ2) is 5.59. The highest BCUT2D eigenvalue weighted by Gasteiger charge is 2.25. The van der Waals surface area contributed by atoms with Crippen LogP contribution >= 0.6 is 0 Å². The van der Waals surface area contributed by atoms with Gasteiger partial charge in [-0.2, -0.15) is 0 Å². The number of fused-ring (bicyclic) bond motifs is 1. The van der Waals surface area contributed by atoms with Crippen LogP contribution in [0.5, 0.6) is 0 Å². The van der Waals surface area contributed by atoms with Crippen LogP contribution in [0, 0.1) is 6.92 Å². The molecule has 3 rings (SSSR count). The van der Waals surface area contributed by atoms with Gasteiger partial charge in [0.15, 0.2) is 5.82 Å². The molecule has 0 bridgehead atoms. The molecule has 1 aliphatic heterocycles. The fourth-order valence-electron chi connectivity index (χ4n) is 2.49. The second-order valence-electron chi connectivity index (χ2n) is 5.33. The third-order valence-electron chi connectivity index (χ3n) is 3.89. The Balaban J connectivity index is 1.68. The van der Waals surface area contributed by atoms with E-state index in [4.69, 9.17) is 0 Å². The number of nitrogens with one attached hydrogen (secondary N) is 1. The highest BCUT2D eigenvalue weighted by atomic mass is 16.2. The van der Waals surface area contributed by atoms with E-state index in [1.165, 1.54) is 0 Å². The van der Waals surface area contributed by atoms with Gasteiger partial charge in [0, 0.05) is 19.2 Å². The molecule has 2 aromatic rings. The van der Waals surface area contributed by atoms with Crippen molar-refractivity contribution in [2.75, 3.05) is 18.4 Å². The molecule has 0 unspecified atom stereocenters. The molecule has 7 nitrogen and oxygen atoms in total. The molecule has 0 aliphatic carbocycles. The van der Waals surface area contributed by atoms with Crippen LogP contribution in [0.1, 0.15) is 21.6 Å². The number of amides is 2. The molecule has 0 saturated heterocycles. The van der Waals surface area contributed by atoms with E-state index in [0.717, 1.165) is 17.7 Å². The van der Waals surface area contributed by atoms with Gasteiger partial charge < -0.3 is 10.2 Å². The first kappa shape index (κ1) is 14.2. The number of hydrogen-bond donors (Lipinski definition) is 1. The largest absolute Gasteiger partial charge is 0.329 e. The summed E-state index contributed by atoms with van der Waals surface area (Å²) in [6.45, 7) is 2.38. The first-order valence-corrected chi connectivity index (χ1v) is 7.09. The molecule has 1 N–H and O–H groups in total. The van der Waals surface area contributed by atoms with E-state index in [1.54, 1.807) is 22.7 Å². The fourth-order valence-corrected chi connectivity index (χ4v) is 2.49. The number of benzene rings is 1. The molecule has 22 heavy (non-hydrogen) atoms. The Labute approximate surface area is 127 Å². The zero-order chi connectivity index (χ0) is 15.7. The summed E-state index contributed by atoms with van der Waals surface area (Å²) in [7, 11) is 1.75. The molecule has 2 amide bonds. The van der Waals surface area contributed by atoms with Crippen molar-refractivity contribution in [2.24, 2.45) is 7.05 Å². The van der Waals surface area contributed by atoms with Gasteiger partial charge in [-0.1, -0.05) is 23.4 Å². The topological polar surface area (TPSA) is 80.1 Å². The van der Waals surface area contributed by atoms with E-state index in [9.17, 15) is 9.59 Å². The van der Waals surface area contributed by atoms with Gasteiger partial charge in [-0.05, 0) is 25.0 Å². The number of carbonyl (C=O) groups excluding carboxylic acids is 2. The minimum absolute atomic E-state index is 0.0170. The number of aryl methyl sites for hydroxylation is 1. The maximum Gasteiger partial charge on any atom is 0.254 e. The van der Waals surface area contributed by atoms with Crippen LogP contribution < -0.4 is 5.32 Å². The summed E-state index contributed by atoms with van der Waals surface area (Å²) in [5.74, 6) is 0.0570. The highest BCUT2D eigenvalue weighted by molar-refractivity contribution is 6.00. The summed E-state index contributed by atoms with van der Waals surface area (Å²) in [5.41, 5.74) is 2.48. The van der Waals surface area contributed by atoms with Crippen molar-refractivity contribution >= 4 is 17.6 Å². The van der Waals surface area contributed by atoms with Crippen LogP contribution in [0.2, 0.25) is 0 Å². The predicted molar refractivity (Wildman–Crippen MR) is 80.4 cm³/mol. The van der Waals surface area contributed by atoms with E-state index in [2.05, 4.69) is 15.6 Å². The molecule has 1 aromatic carbocycles. The summed E-state index contributed by atoms with van der Waals surface area (Å²) in [6.07, 6.45) is 0.763. The molecule has 1 aromatic heterocycles. The van der Waals surface area contributed by atoms with E-state index in [1.807, 2.05) is 25.1 Å². The third kappa shape index (κ3) is 2.57. The monoisotopic (exact) mass is 299 g/mol. The van der Waals surface area contributed by atoms with Crippen molar-refractivity contribution < 1.29 is 9.59 Å². The smallest absolute Gasteiger partial charge is 0.254 e. The van der Waals surface area contributed by atoms with Crippen LogP contribution in [-0.2, 0) is 18.3 Å². The Kier molecular flexibility index (Phi) is 3.62. The third-order valence-corrected chi connectivity index (χ3v) is 3.89. The molecule has 0 radical (unpaired) electrons. The molecule has 0 spiro atoms. The molecule has 0 saturated carbocycles. The fraction of sp³-hybridized carbons (Fsp3) is 0.333. The zero-order valence-electron chi connectivity index (χ0n) is 12.5. The molecular formula is C15H17N5O2. The lowest BCUT2D eigenvalue weighted by atomic mass is 9.99. The van der Waals surface area contributed by atoms with E-state index in [0.29, 0.717) is 17.9 Å².